The maximum atomic E-state index is 10.3. The molecule has 15 heteroatoms. The standard InChI is InChI=1S/2C18H26N5O2.W/c2*1-25-11-8-15-22-16-17(23(15)10-5-4-9-20-12-24)13-6-2-3-7-14(13)21-18(16)19;/h2*2-11H2,1H3,(H2,19,21)(H,20,24);/q2*-1;+2. The molecule has 0 fully saturated rings. The SMILES string of the molecule is COCCc1nc2c(N)nc3c(c2n1CCCCN[C-]=O)CCCC3.COCCc1nc2c(N)nc3c(c2n1CCCCN[C-]=O)CCCC3.[W+2]. The van der Waals surface area contributed by atoms with Crippen molar-refractivity contribution in [3.63, 3.8) is 0 Å². The molecule has 0 aromatic carbocycles. The summed E-state index contributed by atoms with van der Waals surface area (Å²) >= 11 is 0. The molecule has 6 N–H and O–H groups in total. The number of amides is 2. The van der Waals surface area contributed by atoms with Crippen LogP contribution in [0.25, 0.3) is 22.1 Å². The number of nitrogens with zero attached hydrogens (tertiary/aromatic N) is 6. The summed E-state index contributed by atoms with van der Waals surface area (Å²) < 4.78 is 15.1. The van der Waals surface area contributed by atoms with Gasteiger partial charge in [-0.3, -0.25) is 0 Å². The second-order valence-corrected chi connectivity index (χ2v) is 13.0. The van der Waals surface area contributed by atoms with Crippen LogP contribution < -0.4 is 22.1 Å². The summed E-state index contributed by atoms with van der Waals surface area (Å²) in [6.45, 7) is 4.25. The van der Waals surface area contributed by atoms with E-state index in [-0.39, 0.29) is 21.1 Å². The summed E-state index contributed by atoms with van der Waals surface area (Å²) in [5, 5.41) is 5.19. The molecule has 4 heterocycles. The van der Waals surface area contributed by atoms with Gasteiger partial charge in [-0.15, -0.1) is 0 Å². The van der Waals surface area contributed by atoms with E-state index in [0.717, 1.165) is 122 Å². The van der Waals surface area contributed by atoms with E-state index in [1.54, 1.807) is 27.0 Å². The van der Waals surface area contributed by atoms with Crippen molar-refractivity contribution in [1.82, 2.24) is 39.7 Å². The predicted octanol–water partition coefficient (Wildman–Crippen LogP) is 3.03. The van der Waals surface area contributed by atoms with Crippen molar-refractivity contribution in [2.75, 3.05) is 52.0 Å². The van der Waals surface area contributed by atoms with Crippen molar-refractivity contribution in [2.45, 2.75) is 103 Å². The number of anilines is 2. The smallest absolute Gasteiger partial charge is 0.530 e. The zero-order chi connectivity index (χ0) is 35.3. The van der Waals surface area contributed by atoms with E-state index in [4.69, 9.17) is 30.9 Å². The Bertz CT molecular complexity index is 1610. The van der Waals surface area contributed by atoms with Crippen LogP contribution in [-0.4, -0.2) is 82.4 Å². The van der Waals surface area contributed by atoms with Gasteiger partial charge in [0.25, 0.3) is 0 Å². The maximum Gasteiger partial charge on any atom is 2.00 e. The number of fused-ring (bicyclic) bond motifs is 6. The first-order valence-electron chi connectivity index (χ1n) is 18.0. The average molecular weight is 873 g/mol. The maximum absolute atomic E-state index is 10.3. The number of rotatable bonds is 18. The van der Waals surface area contributed by atoms with Crippen LogP contribution in [0.2, 0.25) is 0 Å². The monoisotopic (exact) mass is 872 g/mol. The molecular weight excluding hydrogens is 820 g/mol. The third-order valence-electron chi connectivity index (χ3n) is 9.61. The largest absolute Gasteiger partial charge is 2.00 e. The third kappa shape index (κ3) is 9.84. The molecule has 0 unspecified atom stereocenters. The molecule has 2 amide bonds. The Kier molecular flexibility index (Phi) is 16.1. The number of hydrogen-bond acceptors (Lipinski definition) is 10. The van der Waals surface area contributed by atoms with Crippen LogP contribution in [0, 0.1) is 0 Å². The number of hydrogen-bond donors (Lipinski definition) is 4. The Morgan fingerprint density at radius 1 is 0.647 bits per heavy atom. The molecule has 2 aliphatic rings. The summed E-state index contributed by atoms with van der Waals surface area (Å²) in [7, 11) is 3.40. The molecule has 4 aromatic rings. The number of nitrogens with one attached hydrogen (secondary N) is 2. The van der Waals surface area contributed by atoms with Gasteiger partial charge in [0.05, 0.1) is 24.2 Å². The molecule has 0 radical (unpaired) electrons. The number of imidazole rings is 2. The summed E-state index contributed by atoms with van der Waals surface area (Å²) in [6, 6.07) is 0. The number of carbonyl (C=O) groups excluding carboxylic acids is 2. The second kappa shape index (κ2) is 20.4. The number of aryl methyl sites for hydroxylation is 6. The van der Waals surface area contributed by atoms with Crippen LogP contribution in [0.4, 0.5) is 11.6 Å². The molecular formula is C36H52N10O4W. The van der Waals surface area contributed by atoms with Crippen LogP contribution in [-0.2, 0) is 91.7 Å². The minimum atomic E-state index is 0. The zero-order valence-electron chi connectivity index (χ0n) is 30.0. The average Bonchev–Trinajstić information content (AvgIpc) is 3.69. The molecule has 0 saturated carbocycles. The molecule has 6 rings (SSSR count). The van der Waals surface area contributed by atoms with Crippen molar-refractivity contribution in [1.29, 1.82) is 0 Å². The van der Waals surface area contributed by atoms with E-state index in [1.807, 2.05) is 0 Å². The van der Waals surface area contributed by atoms with E-state index in [9.17, 15) is 9.59 Å². The van der Waals surface area contributed by atoms with Crippen molar-refractivity contribution in [3.05, 3.63) is 34.2 Å². The molecule has 2 aliphatic carbocycles. The Labute approximate surface area is 314 Å². The Morgan fingerprint density at radius 2 is 1.06 bits per heavy atom. The third-order valence-corrected chi connectivity index (χ3v) is 9.61. The van der Waals surface area contributed by atoms with Gasteiger partial charge in [-0.2, -0.15) is 12.8 Å². The molecule has 51 heavy (non-hydrogen) atoms. The topological polar surface area (TPSA) is 190 Å². The molecule has 14 nitrogen and oxygen atoms in total. The van der Waals surface area contributed by atoms with E-state index < -0.39 is 0 Å². The number of nitrogen functional groups attached to an aromatic ring is 2. The van der Waals surface area contributed by atoms with Gasteiger partial charge in [0, 0.05) is 51.5 Å². The fourth-order valence-electron chi connectivity index (χ4n) is 7.22. The van der Waals surface area contributed by atoms with Gasteiger partial charge in [0.2, 0.25) is 0 Å². The molecule has 0 atom stereocenters. The minimum Gasteiger partial charge on any atom is -0.530 e. The fourth-order valence-corrected chi connectivity index (χ4v) is 7.22. The number of nitrogens with two attached hydrogens (primary N) is 2. The quantitative estimate of drug-likeness (QED) is 0.0658. The Hall–Kier alpha value is -3.61. The van der Waals surface area contributed by atoms with Gasteiger partial charge in [0.15, 0.2) is 11.6 Å². The Balaban J connectivity index is 0.000000224. The summed E-state index contributed by atoms with van der Waals surface area (Å²) in [5.74, 6) is 3.06. The molecule has 4 aromatic heterocycles. The number of unbranched alkanes of at least 4 members (excludes halogenated alkanes) is 2. The molecule has 0 bridgehead atoms. The number of methoxy groups -OCH3 is 2. The number of pyridine rings is 2. The van der Waals surface area contributed by atoms with Crippen molar-refractivity contribution < 1.29 is 40.1 Å². The number of ether oxygens (including phenoxy) is 2. The molecule has 276 valence electrons. The first kappa shape index (κ1) is 40.2. The molecule has 0 saturated heterocycles. The number of aromatic nitrogens is 6. The van der Waals surface area contributed by atoms with Gasteiger partial charge in [-0.1, -0.05) is 0 Å². The van der Waals surface area contributed by atoms with E-state index in [1.165, 1.54) is 36.8 Å². The minimum absolute atomic E-state index is 0. The van der Waals surface area contributed by atoms with Crippen molar-refractivity contribution in [3.8, 4) is 0 Å². The van der Waals surface area contributed by atoms with Crippen LogP contribution >= 0.6 is 0 Å². The Morgan fingerprint density at radius 3 is 1.45 bits per heavy atom. The van der Waals surface area contributed by atoms with Crippen LogP contribution in [0.5, 0.6) is 0 Å². The van der Waals surface area contributed by atoms with E-state index >= 15 is 0 Å². The van der Waals surface area contributed by atoms with Gasteiger partial charge in [-0.05, 0) is 101 Å². The first-order chi connectivity index (χ1) is 24.5. The van der Waals surface area contributed by atoms with Crippen molar-refractivity contribution in [2.24, 2.45) is 0 Å². The predicted molar refractivity (Wildman–Crippen MR) is 194 cm³/mol. The van der Waals surface area contributed by atoms with Crippen LogP contribution in [0.3, 0.4) is 0 Å². The normalized spacial score (nSPS) is 13.5. The molecule has 0 spiro atoms. The van der Waals surface area contributed by atoms with E-state index in [0.29, 0.717) is 37.9 Å². The van der Waals surface area contributed by atoms with E-state index in [2.05, 4.69) is 29.7 Å². The van der Waals surface area contributed by atoms with Gasteiger partial charge >= 0.3 is 21.1 Å². The van der Waals surface area contributed by atoms with Gasteiger partial charge < -0.3 is 50.3 Å². The summed E-state index contributed by atoms with van der Waals surface area (Å²) in [5.41, 5.74) is 21.3. The zero-order valence-corrected chi connectivity index (χ0v) is 33.0. The van der Waals surface area contributed by atoms with Gasteiger partial charge in [-0.25, -0.2) is 19.9 Å². The van der Waals surface area contributed by atoms with Crippen LogP contribution in [0.15, 0.2) is 0 Å². The summed E-state index contributed by atoms with van der Waals surface area (Å²) in [4.78, 5) is 39.3. The molecule has 0 aliphatic heterocycles. The van der Waals surface area contributed by atoms with Crippen molar-refractivity contribution >= 4 is 46.5 Å². The van der Waals surface area contributed by atoms with Gasteiger partial charge in [0.1, 0.15) is 22.7 Å². The fraction of sp³-hybridized carbons (Fsp3) is 0.611. The first-order valence-corrected chi connectivity index (χ1v) is 18.0. The second-order valence-electron chi connectivity index (χ2n) is 13.0. The summed E-state index contributed by atoms with van der Waals surface area (Å²) in [6.07, 6.45) is 17.4. The van der Waals surface area contributed by atoms with Crippen LogP contribution in [0.1, 0.15) is 85.5 Å².